The number of nitrogens with one attached hydrogen (secondary N) is 1. The molecule has 1 heterocycles. The highest BCUT2D eigenvalue weighted by Gasteiger charge is 2.11. The number of carbonyl (C=O) groups excluding carboxylic acids is 1. The van der Waals surface area contributed by atoms with E-state index in [0.717, 1.165) is 78.3 Å². The molecule has 0 unspecified atom stereocenters. The second-order valence-electron chi connectivity index (χ2n) is 9.53. The SMILES string of the molecule is Cc1cc(OCCCCn2c(CCCCCNC(=O)c3ccccc3)nc3ccccc32)cc(C)c1Cl. The number of para-hydroxylation sites is 2. The van der Waals surface area contributed by atoms with Gasteiger partial charge in [-0.25, -0.2) is 4.98 Å². The zero-order valence-corrected chi connectivity index (χ0v) is 22.6. The maximum absolute atomic E-state index is 12.2. The number of unbranched alkanes of at least 4 members (excludes halogenated alkanes) is 3. The topological polar surface area (TPSA) is 56.1 Å². The number of amides is 1. The number of hydrogen-bond donors (Lipinski definition) is 1. The normalized spacial score (nSPS) is 11.1. The van der Waals surface area contributed by atoms with Crippen LogP contribution < -0.4 is 10.1 Å². The average Bonchev–Trinajstić information content (AvgIpc) is 3.26. The Hall–Kier alpha value is -3.31. The van der Waals surface area contributed by atoms with E-state index in [-0.39, 0.29) is 5.91 Å². The zero-order chi connectivity index (χ0) is 26.0. The Morgan fingerprint density at radius 2 is 1.65 bits per heavy atom. The van der Waals surface area contributed by atoms with Gasteiger partial charge in [-0.3, -0.25) is 4.79 Å². The maximum atomic E-state index is 12.2. The Morgan fingerprint density at radius 1 is 0.919 bits per heavy atom. The third kappa shape index (κ3) is 7.36. The predicted molar refractivity (Wildman–Crippen MR) is 152 cm³/mol. The van der Waals surface area contributed by atoms with Gasteiger partial charge in [0.1, 0.15) is 11.6 Å². The Kier molecular flexibility index (Phi) is 9.61. The molecule has 0 aliphatic carbocycles. The third-order valence-corrected chi connectivity index (χ3v) is 7.18. The molecule has 3 aromatic carbocycles. The fourth-order valence-electron chi connectivity index (χ4n) is 4.60. The summed E-state index contributed by atoms with van der Waals surface area (Å²) in [7, 11) is 0. The van der Waals surface area contributed by atoms with Crippen LogP contribution >= 0.6 is 11.6 Å². The number of fused-ring (bicyclic) bond motifs is 1. The van der Waals surface area contributed by atoms with Crippen LogP contribution in [0.2, 0.25) is 5.02 Å². The Balaban J connectivity index is 1.23. The zero-order valence-electron chi connectivity index (χ0n) is 21.8. The van der Waals surface area contributed by atoms with Crippen LogP contribution in [0, 0.1) is 13.8 Å². The van der Waals surface area contributed by atoms with Crippen LogP contribution in [0.1, 0.15) is 59.4 Å². The van der Waals surface area contributed by atoms with Crippen molar-refractivity contribution in [2.24, 2.45) is 0 Å². The van der Waals surface area contributed by atoms with Crippen molar-refractivity contribution < 1.29 is 9.53 Å². The summed E-state index contributed by atoms with van der Waals surface area (Å²) in [4.78, 5) is 17.1. The van der Waals surface area contributed by atoms with E-state index in [1.807, 2.05) is 62.4 Å². The van der Waals surface area contributed by atoms with Crippen molar-refractivity contribution in [1.82, 2.24) is 14.9 Å². The molecule has 194 valence electrons. The molecule has 0 aliphatic heterocycles. The minimum Gasteiger partial charge on any atom is -0.494 e. The first-order valence-electron chi connectivity index (χ1n) is 13.2. The van der Waals surface area contributed by atoms with Crippen molar-refractivity contribution in [2.45, 2.75) is 58.9 Å². The van der Waals surface area contributed by atoms with Crippen molar-refractivity contribution >= 4 is 28.5 Å². The van der Waals surface area contributed by atoms with Crippen molar-refractivity contribution in [3.05, 3.63) is 94.3 Å². The second kappa shape index (κ2) is 13.3. The van der Waals surface area contributed by atoms with Crippen molar-refractivity contribution in [1.29, 1.82) is 0 Å². The summed E-state index contributed by atoms with van der Waals surface area (Å²) < 4.78 is 8.36. The van der Waals surface area contributed by atoms with E-state index in [0.29, 0.717) is 18.7 Å². The van der Waals surface area contributed by atoms with Crippen LogP contribution in [-0.4, -0.2) is 28.6 Å². The summed E-state index contributed by atoms with van der Waals surface area (Å²) in [6.45, 7) is 6.31. The number of aromatic nitrogens is 2. The minimum absolute atomic E-state index is 0.00676. The standard InChI is InChI=1S/C31H36ClN3O2/c1-23-21-26(22-24(2)30(23)32)37-20-12-11-19-35-28-16-9-8-15-27(28)34-29(35)17-7-4-10-18-33-31(36)25-13-5-3-6-14-25/h3,5-6,8-9,13-16,21-22H,4,7,10-12,17-20H2,1-2H3,(H,33,36). The first kappa shape index (κ1) is 26.7. The number of rotatable bonds is 13. The van der Waals surface area contributed by atoms with Gasteiger partial charge in [0.05, 0.1) is 17.6 Å². The lowest BCUT2D eigenvalue weighted by Crippen LogP contribution is -2.24. The Morgan fingerprint density at radius 3 is 2.43 bits per heavy atom. The molecule has 6 heteroatoms. The number of imidazole rings is 1. The fourth-order valence-corrected chi connectivity index (χ4v) is 4.70. The van der Waals surface area contributed by atoms with Crippen LogP contribution in [0.25, 0.3) is 11.0 Å². The van der Waals surface area contributed by atoms with E-state index >= 15 is 0 Å². The van der Waals surface area contributed by atoms with E-state index in [1.165, 1.54) is 5.52 Å². The highest BCUT2D eigenvalue weighted by Crippen LogP contribution is 2.26. The summed E-state index contributed by atoms with van der Waals surface area (Å²) in [5, 5.41) is 3.82. The molecular formula is C31H36ClN3O2. The smallest absolute Gasteiger partial charge is 0.251 e. The van der Waals surface area contributed by atoms with Crippen LogP contribution in [0.5, 0.6) is 5.75 Å². The number of ether oxygens (including phenoxy) is 1. The monoisotopic (exact) mass is 517 g/mol. The molecule has 5 nitrogen and oxygen atoms in total. The fraction of sp³-hybridized carbons (Fsp3) is 0.355. The first-order valence-corrected chi connectivity index (χ1v) is 13.6. The van der Waals surface area contributed by atoms with Gasteiger partial charge in [-0.05, 0) is 87.1 Å². The number of carbonyl (C=O) groups is 1. The third-order valence-electron chi connectivity index (χ3n) is 6.59. The van der Waals surface area contributed by atoms with E-state index in [9.17, 15) is 4.79 Å². The molecule has 0 saturated carbocycles. The average molecular weight is 518 g/mol. The number of hydrogen-bond acceptors (Lipinski definition) is 3. The quantitative estimate of drug-likeness (QED) is 0.189. The second-order valence-corrected chi connectivity index (χ2v) is 9.91. The summed E-state index contributed by atoms with van der Waals surface area (Å²) in [6.07, 6.45) is 5.97. The highest BCUT2D eigenvalue weighted by molar-refractivity contribution is 6.32. The summed E-state index contributed by atoms with van der Waals surface area (Å²) in [5.74, 6) is 2.01. The van der Waals surface area contributed by atoms with E-state index in [4.69, 9.17) is 21.3 Å². The van der Waals surface area contributed by atoms with Crippen LogP contribution in [0.3, 0.4) is 0 Å². The van der Waals surface area contributed by atoms with E-state index in [2.05, 4.69) is 28.1 Å². The van der Waals surface area contributed by atoms with E-state index in [1.54, 1.807) is 0 Å². The molecular weight excluding hydrogens is 482 g/mol. The van der Waals surface area contributed by atoms with Crippen molar-refractivity contribution in [2.75, 3.05) is 13.2 Å². The molecule has 4 rings (SSSR count). The number of nitrogens with zero attached hydrogens (tertiary/aromatic N) is 2. The molecule has 0 saturated heterocycles. The predicted octanol–water partition coefficient (Wildman–Crippen LogP) is 7.31. The number of benzene rings is 3. The number of aryl methyl sites for hydroxylation is 4. The molecule has 0 radical (unpaired) electrons. The van der Waals surface area contributed by atoms with Crippen LogP contribution in [0.15, 0.2) is 66.7 Å². The Labute approximate surface area is 224 Å². The molecule has 1 amide bonds. The molecule has 0 bridgehead atoms. The molecule has 0 aliphatic rings. The summed E-state index contributed by atoms with van der Waals surface area (Å²) in [5.41, 5.74) is 5.04. The first-order chi connectivity index (χ1) is 18.0. The van der Waals surface area contributed by atoms with Crippen LogP contribution in [-0.2, 0) is 13.0 Å². The minimum atomic E-state index is -0.00676. The van der Waals surface area contributed by atoms with Gasteiger partial charge in [0.2, 0.25) is 0 Å². The van der Waals surface area contributed by atoms with Crippen LogP contribution in [0.4, 0.5) is 0 Å². The van der Waals surface area contributed by atoms with Gasteiger partial charge in [0, 0.05) is 30.1 Å². The largest absolute Gasteiger partial charge is 0.494 e. The molecule has 37 heavy (non-hydrogen) atoms. The summed E-state index contributed by atoms with van der Waals surface area (Å²) >= 11 is 6.27. The van der Waals surface area contributed by atoms with Gasteiger partial charge in [-0.2, -0.15) is 0 Å². The van der Waals surface area contributed by atoms with Gasteiger partial charge in [-0.15, -0.1) is 0 Å². The summed E-state index contributed by atoms with van der Waals surface area (Å²) in [6, 6.07) is 21.7. The molecule has 1 N–H and O–H groups in total. The Bertz CT molecular complexity index is 1290. The van der Waals surface area contributed by atoms with Crippen molar-refractivity contribution in [3.63, 3.8) is 0 Å². The van der Waals surface area contributed by atoms with Gasteiger partial charge in [0.25, 0.3) is 5.91 Å². The van der Waals surface area contributed by atoms with E-state index < -0.39 is 0 Å². The molecule has 0 spiro atoms. The number of halogens is 1. The van der Waals surface area contributed by atoms with Gasteiger partial charge < -0.3 is 14.6 Å². The van der Waals surface area contributed by atoms with Gasteiger partial charge >= 0.3 is 0 Å². The molecule has 0 fully saturated rings. The molecule has 4 aromatic rings. The van der Waals surface area contributed by atoms with Crippen molar-refractivity contribution in [3.8, 4) is 5.75 Å². The highest BCUT2D eigenvalue weighted by atomic mass is 35.5. The lowest BCUT2D eigenvalue weighted by atomic mass is 10.1. The van der Waals surface area contributed by atoms with Gasteiger partial charge in [-0.1, -0.05) is 48.4 Å². The lowest BCUT2D eigenvalue weighted by molar-refractivity contribution is 0.0953. The molecule has 1 aromatic heterocycles. The maximum Gasteiger partial charge on any atom is 0.251 e. The lowest BCUT2D eigenvalue weighted by Gasteiger charge is -2.12. The molecule has 0 atom stereocenters. The van der Waals surface area contributed by atoms with Gasteiger partial charge in [0.15, 0.2) is 0 Å².